The van der Waals surface area contributed by atoms with E-state index >= 15 is 0 Å². The Kier molecular flexibility index (Phi) is 4.17. The zero-order chi connectivity index (χ0) is 17.4. The molecule has 1 aliphatic heterocycles. The second-order valence-corrected chi connectivity index (χ2v) is 5.88. The van der Waals surface area contributed by atoms with E-state index in [9.17, 15) is 14.7 Å². The molecular weight excluding hydrogens is 334 g/mol. The molecule has 3 N–H and O–H groups in total. The topological polar surface area (TPSA) is 95.9 Å². The summed E-state index contributed by atoms with van der Waals surface area (Å²) in [6.07, 6.45) is -2.47. The standard InChI is InChI=1S/C17H14ClNO5/c1-8-5-11-13(7-12(8)18)19-16(21)15(14(11)20)24-10-4-2-3-9(6-10)17(22)23/h2-7,15-16,19,21H,1H3,(H,22,23). The molecule has 0 aromatic heterocycles. The van der Waals surface area contributed by atoms with Crippen LogP contribution in [0, 0.1) is 6.92 Å². The number of anilines is 1. The third kappa shape index (κ3) is 2.93. The average Bonchev–Trinajstić information content (AvgIpc) is 2.54. The molecule has 0 aliphatic carbocycles. The number of ketones is 1. The molecule has 2 aromatic carbocycles. The Labute approximate surface area is 142 Å². The second-order valence-electron chi connectivity index (χ2n) is 5.47. The number of benzene rings is 2. The lowest BCUT2D eigenvalue weighted by Gasteiger charge is -2.30. The number of rotatable bonds is 3. The van der Waals surface area contributed by atoms with Gasteiger partial charge in [0.15, 0.2) is 6.23 Å². The maximum absolute atomic E-state index is 12.6. The van der Waals surface area contributed by atoms with Gasteiger partial charge in [0.05, 0.1) is 5.56 Å². The van der Waals surface area contributed by atoms with Gasteiger partial charge in [-0.25, -0.2) is 4.79 Å². The molecule has 7 heteroatoms. The van der Waals surface area contributed by atoms with Crippen molar-refractivity contribution in [2.45, 2.75) is 19.3 Å². The number of aromatic carboxylic acids is 1. The lowest BCUT2D eigenvalue weighted by molar-refractivity contribution is 0.0399. The van der Waals surface area contributed by atoms with Gasteiger partial charge in [-0.1, -0.05) is 17.7 Å². The fourth-order valence-electron chi connectivity index (χ4n) is 2.50. The van der Waals surface area contributed by atoms with Gasteiger partial charge in [0.1, 0.15) is 5.75 Å². The van der Waals surface area contributed by atoms with E-state index in [4.69, 9.17) is 21.4 Å². The van der Waals surface area contributed by atoms with Gasteiger partial charge in [-0.05, 0) is 42.8 Å². The van der Waals surface area contributed by atoms with Crippen LogP contribution in [0.5, 0.6) is 5.75 Å². The number of fused-ring (bicyclic) bond motifs is 1. The molecule has 6 nitrogen and oxygen atoms in total. The molecule has 24 heavy (non-hydrogen) atoms. The fourth-order valence-corrected chi connectivity index (χ4v) is 2.67. The number of halogens is 1. The second kappa shape index (κ2) is 6.14. The molecule has 0 amide bonds. The van der Waals surface area contributed by atoms with Crippen molar-refractivity contribution < 1.29 is 24.5 Å². The summed E-state index contributed by atoms with van der Waals surface area (Å²) in [5, 5.41) is 22.4. The summed E-state index contributed by atoms with van der Waals surface area (Å²) < 4.78 is 5.54. The highest BCUT2D eigenvalue weighted by atomic mass is 35.5. The summed E-state index contributed by atoms with van der Waals surface area (Å²) >= 11 is 6.03. The number of ether oxygens (including phenoxy) is 1. The van der Waals surface area contributed by atoms with Crippen LogP contribution in [0.1, 0.15) is 26.3 Å². The molecule has 1 heterocycles. The molecular formula is C17H14ClNO5. The van der Waals surface area contributed by atoms with Crippen molar-refractivity contribution in [3.05, 3.63) is 58.1 Å². The van der Waals surface area contributed by atoms with Gasteiger partial charge in [-0.15, -0.1) is 0 Å². The van der Waals surface area contributed by atoms with Gasteiger partial charge >= 0.3 is 5.97 Å². The molecule has 124 valence electrons. The lowest BCUT2D eigenvalue weighted by atomic mass is 9.96. The molecule has 3 rings (SSSR count). The third-order valence-corrected chi connectivity index (χ3v) is 4.16. The van der Waals surface area contributed by atoms with E-state index in [0.717, 1.165) is 5.56 Å². The minimum atomic E-state index is -1.28. The number of carboxylic acids is 1. The molecule has 0 saturated heterocycles. The smallest absolute Gasteiger partial charge is 0.335 e. The van der Waals surface area contributed by atoms with Crippen molar-refractivity contribution in [3.8, 4) is 5.75 Å². The summed E-state index contributed by atoms with van der Waals surface area (Å²) in [6, 6.07) is 8.94. The van der Waals surface area contributed by atoms with Crippen LogP contribution in [-0.4, -0.2) is 34.3 Å². The number of carbonyl (C=O) groups excluding carboxylic acids is 1. The number of carbonyl (C=O) groups is 2. The predicted molar refractivity (Wildman–Crippen MR) is 88.0 cm³/mol. The SMILES string of the molecule is Cc1cc2c(cc1Cl)NC(O)C(Oc1cccc(C(=O)O)c1)C2=O. The van der Waals surface area contributed by atoms with E-state index in [1.165, 1.54) is 24.3 Å². The number of aryl methyl sites for hydroxylation is 1. The summed E-state index contributed by atoms with van der Waals surface area (Å²) in [7, 11) is 0. The van der Waals surface area contributed by atoms with Crippen LogP contribution in [0.3, 0.4) is 0 Å². The molecule has 2 unspecified atom stereocenters. The number of aliphatic hydroxyl groups excluding tert-OH is 1. The lowest BCUT2D eigenvalue weighted by Crippen LogP contribution is -2.47. The number of hydrogen-bond donors (Lipinski definition) is 3. The van der Waals surface area contributed by atoms with Gasteiger partial charge in [0.2, 0.25) is 11.9 Å². The van der Waals surface area contributed by atoms with Crippen molar-refractivity contribution in [3.63, 3.8) is 0 Å². The van der Waals surface area contributed by atoms with Gasteiger partial charge in [0, 0.05) is 16.3 Å². The Morgan fingerprint density at radius 3 is 2.75 bits per heavy atom. The van der Waals surface area contributed by atoms with Crippen molar-refractivity contribution >= 4 is 29.0 Å². The molecule has 2 aromatic rings. The molecule has 0 fully saturated rings. The first-order chi connectivity index (χ1) is 11.4. The minimum absolute atomic E-state index is 0.0289. The third-order valence-electron chi connectivity index (χ3n) is 3.76. The first kappa shape index (κ1) is 16.3. The van der Waals surface area contributed by atoms with E-state index in [2.05, 4.69) is 5.32 Å². The number of Topliss-reactive ketones (excluding diaryl/α,β-unsaturated/α-hetero) is 1. The van der Waals surface area contributed by atoms with Gasteiger partial charge < -0.3 is 20.3 Å². The highest BCUT2D eigenvalue weighted by molar-refractivity contribution is 6.32. The minimum Gasteiger partial charge on any atom is -0.478 e. The summed E-state index contributed by atoms with van der Waals surface area (Å²) in [5.41, 5.74) is 1.55. The number of hydrogen-bond acceptors (Lipinski definition) is 5. The van der Waals surface area contributed by atoms with Crippen molar-refractivity contribution in [2.75, 3.05) is 5.32 Å². The van der Waals surface area contributed by atoms with E-state index in [1.807, 2.05) is 0 Å². The predicted octanol–water partition coefficient (Wildman–Crippen LogP) is 2.72. The Hall–Kier alpha value is -2.57. The highest BCUT2D eigenvalue weighted by Crippen LogP contribution is 2.31. The summed E-state index contributed by atoms with van der Waals surface area (Å²) in [6.45, 7) is 1.77. The summed E-state index contributed by atoms with van der Waals surface area (Å²) in [4.78, 5) is 23.6. The maximum atomic E-state index is 12.6. The molecule has 0 spiro atoms. The van der Waals surface area contributed by atoms with Gasteiger partial charge in [-0.2, -0.15) is 0 Å². The monoisotopic (exact) mass is 347 g/mol. The molecule has 2 atom stereocenters. The van der Waals surface area contributed by atoms with E-state index in [-0.39, 0.29) is 11.3 Å². The van der Waals surface area contributed by atoms with Gasteiger partial charge in [-0.3, -0.25) is 4.79 Å². The summed E-state index contributed by atoms with van der Waals surface area (Å²) in [5.74, 6) is -1.33. The number of carboxylic acid groups (broad SMARTS) is 1. The Balaban J connectivity index is 1.91. The van der Waals surface area contributed by atoms with Crippen LogP contribution in [0.15, 0.2) is 36.4 Å². The Bertz CT molecular complexity index is 836. The quantitative estimate of drug-likeness (QED) is 0.790. The van der Waals surface area contributed by atoms with E-state index < -0.39 is 24.1 Å². The fraction of sp³-hybridized carbons (Fsp3) is 0.176. The molecule has 0 bridgehead atoms. The van der Waals surface area contributed by atoms with Crippen LogP contribution >= 0.6 is 11.6 Å². The van der Waals surface area contributed by atoms with Crippen molar-refractivity contribution in [1.82, 2.24) is 0 Å². The largest absolute Gasteiger partial charge is 0.478 e. The number of nitrogens with one attached hydrogen (secondary N) is 1. The van der Waals surface area contributed by atoms with Crippen molar-refractivity contribution in [2.24, 2.45) is 0 Å². The van der Waals surface area contributed by atoms with Gasteiger partial charge in [0.25, 0.3) is 0 Å². The first-order valence-corrected chi connectivity index (χ1v) is 7.53. The maximum Gasteiger partial charge on any atom is 0.335 e. The molecule has 1 aliphatic rings. The van der Waals surface area contributed by atoms with Crippen LogP contribution in [-0.2, 0) is 0 Å². The Morgan fingerprint density at radius 2 is 2.04 bits per heavy atom. The molecule has 0 saturated carbocycles. The van der Waals surface area contributed by atoms with Crippen molar-refractivity contribution in [1.29, 1.82) is 0 Å². The van der Waals surface area contributed by atoms with Crippen LogP contribution in [0.4, 0.5) is 5.69 Å². The first-order valence-electron chi connectivity index (χ1n) is 7.16. The van der Waals surface area contributed by atoms with E-state index in [0.29, 0.717) is 16.3 Å². The normalized spacial score (nSPS) is 19.4. The van der Waals surface area contributed by atoms with Crippen LogP contribution in [0.2, 0.25) is 5.02 Å². The Morgan fingerprint density at radius 1 is 1.29 bits per heavy atom. The molecule has 0 radical (unpaired) electrons. The van der Waals surface area contributed by atoms with Crippen LogP contribution in [0.25, 0.3) is 0 Å². The zero-order valence-electron chi connectivity index (χ0n) is 12.6. The average molecular weight is 348 g/mol. The number of aliphatic hydroxyl groups is 1. The zero-order valence-corrected chi connectivity index (χ0v) is 13.4. The highest BCUT2D eigenvalue weighted by Gasteiger charge is 2.36. The van der Waals surface area contributed by atoms with Crippen LogP contribution < -0.4 is 10.1 Å². The van der Waals surface area contributed by atoms with E-state index in [1.54, 1.807) is 19.1 Å².